The van der Waals surface area contributed by atoms with E-state index in [0.717, 1.165) is 5.57 Å². The molecule has 0 spiro atoms. The highest BCUT2D eigenvalue weighted by atomic mass is 32.1. The maximum atomic E-state index is 5.79. The molecule has 1 aromatic heterocycles. The Bertz CT molecular complexity index is 213. The third kappa shape index (κ3) is 1.46. The van der Waals surface area contributed by atoms with Crippen LogP contribution in [0.1, 0.15) is 17.8 Å². The first-order valence-electron chi connectivity index (χ1n) is 3.16. The molecule has 1 aromatic rings. The molecule has 2 heteroatoms. The van der Waals surface area contributed by atoms with Gasteiger partial charge in [-0.05, 0) is 18.4 Å². The molecule has 0 aliphatic heterocycles. The van der Waals surface area contributed by atoms with Crippen molar-refractivity contribution in [1.82, 2.24) is 0 Å². The Morgan fingerprint density at radius 2 is 2.50 bits per heavy atom. The van der Waals surface area contributed by atoms with Crippen LogP contribution in [0.25, 0.3) is 0 Å². The summed E-state index contributed by atoms with van der Waals surface area (Å²) in [6.07, 6.45) is 0. The first kappa shape index (κ1) is 7.51. The van der Waals surface area contributed by atoms with Gasteiger partial charge in [0, 0.05) is 4.88 Å². The summed E-state index contributed by atoms with van der Waals surface area (Å²) >= 11 is 1.67. The number of thiophene rings is 1. The van der Waals surface area contributed by atoms with Crippen LogP contribution in [0.15, 0.2) is 29.7 Å². The van der Waals surface area contributed by atoms with Gasteiger partial charge in [0.05, 0.1) is 6.04 Å². The molecule has 0 aromatic carbocycles. The molecule has 1 heterocycles. The van der Waals surface area contributed by atoms with Gasteiger partial charge in [0.2, 0.25) is 0 Å². The lowest BCUT2D eigenvalue weighted by atomic mass is 10.1. The van der Waals surface area contributed by atoms with Crippen LogP contribution >= 0.6 is 11.3 Å². The lowest BCUT2D eigenvalue weighted by Crippen LogP contribution is -2.08. The van der Waals surface area contributed by atoms with Crippen molar-refractivity contribution in [3.63, 3.8) is 0 Å². The van der Waals surface area contributed by atoms with E-state index < -0.39 is 0 Å². The van der Waals surface area contributed by atoms with Crippen molar-refractivity contribution in [2.45, 2.75) is 13.0 Å². The normalized spacial score (nSPS) is 13.0. The molecular formula is C8H11NS. The van der Waals surface area contributed by atoms with Gasteiger partial charge in [-0.2, -0.15) is 0 Å². The van der Waals surface area contributed by atoms with Gasteiger partial charge < -0.3 is 5.73 Å². The van der Waals surface area contributed by atoms with E-state index in [9.17, 15) is 0 Å². The predicted octanol–water partition coefficient (Wildman–Crippen LogP) is 2.32. The molecule has 1 atom stereocenters. The molecule has 2 N–H and O–H groups in total. The molecule has 54 valence electrons. The van der Waals surface area contributed by atoms with Crippen LogP contribution in [-0.2, 0) is 0 Å². The van der Waals surface area contributed by atoms with Gasteiger partial charge in [0.25, 0.3) is 0 Å². The zero-order chi connectivity index (χ0) is 7.56. The summed E-state index contributed by atoms with van der Waals surface area (Å²) in [5.41, 5.74) is 6.81. The van der Waals surface area contributed by atoms with Crippen molar-refractivity contribution < 1.29 is 0 Å². The summed E-state index contributed by atoms with van der Waals surface area (Å²) in [5, 5.41) is 2.03. The highest BCUT2D eigenvalue weighted by Crippen LogP contribution is 2.21. The van der Waals surface area contributed by atoms with E-state index in [4.69, 9.17) is 5.73 Å². The molecule has 0 saturated heterocycles. The Kier molecular flexibility index (Phi) is 2.25. The van der Waals surface area contributed by atoms with Crippen LogP contribution in [0.2, 0.25) is 0 Å². The Labute approximate surface area is 65.2 Å². The zero-order valence-electron chi connectivity index (χ0n) is 6.00. The van der Waals surface area contributed by atoms with E-state index in [2.05, 4.69) is 6.58 Å². The second-order valence-corrected chi connectivity index (χ2v) is 3.32. The van der Waals surface area contributed by atoms with Crippen molar-refractivity contribution in [3.05, 3.63) is 34.5 Å². The molecular weight excluding hydrogens is 142 g/mol. The second kappa shape index (κ2) is 2.99. The summed E-state index contributed by atoms with van der Waals surface area (Å²) in [5.74, 6) is 0. The van der Waals surface area contributed by atoms with Crippen molar-refractivity contribution in [1.29, 1.82) is 0 Å². The van der Waals surface area contributed by atoms with E-state index in [1.807, 2.05) is 24.4 Å². The third-order valence-electron chi connectivity index (χ3n) is 1.38. The molecule has 0 aliphatic rings. The lowest BCUT2D eigenvalue weighted by Gasteiger charge is -2.06. The SMILES string of the molecule is C=C(C)C(N)c1cccs1. The van der Waals surface area contributed by atoms with Gasteiger partial charge in [0.15, 0.2) is 0 Å². The van der Waals surface area contributed by atoms with Crippen LogP contribution in [0.4, 0.5) is 0 Å². The first-order valence-corrected chi connectivity index (χ1v) is 4.04. The standard InChI is InChI=1S/C8H11NS/c1-6(2)8(9)7-4-3-5-10-7/h3-5,8H,1,9H2,2H3. The Hall–Kier alpha value is -0.600. The van der Waals surface area contributed by atoms with Gasteiger partial charge in [-0.3, -0.25) is 0 Å². The smallest absolute Gasteiger partial charge is 0.0600 e. The summed E-state index contributed by atoms with van der Waals surface area (Å²) in [7, 11) is 0. The maximum Gasteiger partial charge on any atom is 0.0600 e. The molecule has 0 bridgehead atoms. The molecule has 0 radical (unpaired) electrons. The van der Waals surface area contributed by atoms with Crippen LogP contribution < -0.4 is 5.73 Å². The van der Waals surface area contributed by atoms with Gasteiger partial charge in [-0.25, -0.2) is 0 Å². The molecule has 0 fully saturated rings. The number of hydrogen-bond donors (Lipinski definition) is 1. The quantitative estimate of drug-likeness (QED) is 0.648. The fourth-order valence-electron chi connectivity index (χ4n) is 0.711. The van der Waals surface area contributed by atoms with Gasteiger partial charge in [-0.15, -0.1) is 11.3 Å². The highest BCUT2D eigenvalue weighted by molar-refractivity contribution is 7.10. The van der Waals surface area contributed by atoms with E-state index in [1.165, 1.54) is 4.88 Å². The zero-order valence-corrected chi connectivity index (χ0v) is 6.82. The van der Waals surface area contributed by atoms with Gasteiger partial charge in [0.1, 0.15) is 0 Å². The van der Waals surface area contributed by atoms with Crippen molar-refractivity contribution >= 4 is 11.3 Å². The molecule has 0 saturated carbocycles. The van der Waals surface area contributed by atoms with Gasteiger partial charge in [-0.1, -0.05) is 18.2 Å². The fourth-order valence-corrected chi connectivity index (χ4v) is 1.53. The first-order chi connectivity index (χ1) is 4.72. The lowest BCUT2D eigenvalue weighted by molar-refractivity contribution is 0.871. The number of hydrogen-bond acceptors (Lipinski definition) is 2. The minimum atomic E-state index is 0.0278. The van der Waals surface area contributed by atoms with Crippen molar-refractivity contribution in [2.75, 3.05) is 0 Å². The summed E-state index contributed by atoms with van der Waals surface area (Å²) < 4.78 is 0. The monoisotopic (exact) mass is 153 g/mol. The van der Waals surface area contributed by atoms with E-state index in [0.29, 0.717) is 0 Å². The predicted molar refractivity (Wildman–Crippen MR) is 46.1 cm³/mol. The molecule has 0 amide bonds. The van der Waals surface area contributed by atoms with Gasteiger partial charge >= 0.3 is 0 Å². The van der Waals surface area contributed by atoms with E-state index >= 15 is 0 Å². The number of rotatable bonds is 2. The molecule has 1 unspecified atom stereocenters. The van der Waals surface area contributed by atoms with Crippen LogP contribution in [0, 0.1) is 0 Å². The van der Waals surface area contributed by atoms with Crippen LogP contribution in [0.5, 0.6) is 0 Å². The van der Waals surface area contributed by atoms with Crippen LogP contribution in [-0.4, -0.2) is 0 Å². The van der Waals surface area contributed by atoms with E-state index in [-0.39, 0.29) is 6.04 Å². The summed E-state index contributed by atoms with van der Waals surface area (Å²) in [6, 6.07) is 4.06. The van der Waals surface area contributed by atoms with Crippen molar-refractivity contribution in [3.8, 4) is 0 Å². The van der Waals surface area contributed by atoms with E-state index in [1.54, 1.807) is 11.3 Å². The summed E-state index contributed by atoms with van der Waals surface area (Å²) in [4.78, 5) is 1.19. The number of nitrogens with two attached hydrogens (primary N) is 1. The molecule has 0 aliphatic carbocycles. The fraction of sp³-hybridized carbons (Fsp3) is 0.250. The maximum absolute atomic E-state index is 5.79. The molecule has 1 rings (SSSR count). The average molecular weight is 153 g/mol. The van der Waals surface area contributed by atoms with Crippen LogP contribution in [0.3, 0.4) is 0 Å². The minimum Gasteiger partial charge on any atom is -0.320 e. The topological polar surface area (TPSA) is 26.0 Å². The summed E-state index contributed by atoms with van der Waals surface area (Å²) in [6.45, 7) is 5.74. The van der Waals surface area contributed by atoms with Crippen molar-refractivity contribution in [2.24, 2.45) is 5.73 Å². The Morgan fingerprint density at radius 3 is 2.90 bits per heavy atom. The Balaban J connectivity index is 2.77. The molecule has 10 heavy (non-hydrogen) atoms. The highest BCUT2D eigenvalue weighted by Gasteiger charge is 2.05. The minimum absolute atomic E-state index is 0.0278. The largest absolute Gasteiger partial charge is 0.320 e. The second-order valence-electron chi connectivity index (χ2n) is 2.34. The Morgan fingerprint density at radius 1 is 1.80 bits per heavy atom. The molecule has 1 nitrogen and oxygen atoms in total. The third-order valence-corrected chi connectivity index (χ3v) is 2.34. The average Bonchev–Trinajstić information content (AvgIpc) is 2.36.